The van der Waals surface area contributed by atoms with E-state index in [1.54, 1.807) is 6.20 Å². The quantitative estimate of drug-likeness (QED) is 0.338. The molecule has 0 aliphatic heterocycles. The van der Waals surface area contributed by atoms with Crippen LogP contribution < -0.4 is 16.0 Å². The number of amides is 1. The molecular formula is C30H36N6O. The van der Waals surface area contributed by atoms with Crippen LogP contribution in [-0.2, 0) is 0 Å². The number of nitrogen functional groups attached to an aromatic ring is 1. The Kier molecular flexibility index (Phi) is 7.74. The molecule has 192 valence electrons. The SMILES string of the molecule is Cc1cc(NC(=O)c2ccc(C)c(-c3ccc4nc(N)ncc4c3)c2)c(N(C)CCCN(C)C)cc1C. The average Bonchev–Trinajstić information content (AvgIpc) is 2.85. The fraction of sp³-hybridized carbons (Fsp3) is 0.300. The molecule has 0 aliphatic rings. The van der Waals surface area contributed by atoms with Gasteiger partial charge in [0.25, 0.3) is 5.91 Å². The summed E-state index contributed by atoms with van der Waals surface area (Å²) in [7, 11) is 6.24. The van der Waals surface area contributed by atoms with Crippen LogP contribution >= 0.6 is 0 Å². The zero-order valence-corrected chi connectivity index (χ0v) is 22.6. The van der Waals surface area contributed by atoms with Crippen molar-refractivity contribution in [2.45, 2.75) is 27.2 Å². The number of hydrogen-bond acceptors (Lipinski definition) is 6. The second-order valence-corrected chi connectivity index (χ2v) is 10.0. The highest BCUT2D eigenvalue weighted by Crippen LogP contribution is 2.31. The molecule has 0 saturated carbocycles. The third-order valence-electron chi connectivity index (χ3n) is 6.78. The van der Waals surface area contributed by atoms with Gasteiger partial charge < -0.3 is 20.9 Å². The van der Waals surface area contributed by atoms with Gasteiger partial charge in [0.1, 0.15) is 0 Å². The van der Waals surface area contributed by atoms with Gasteiger partial charge in [-0.1, -0.05) is 12.1 Å². The molecule has 3 N–H and O–H groups in total. The number of aromatic nitrogens is 2. The molecule has 0 atom stereocenters. The van der Waals surface area contributed by atoms with E-state index < -0.39 is 0 Å². The molecule has 37 heavy (non-hydrogen) atoms. The Morgan fingerprint density at radius 1 is 0.919 bits per heavy atom. The lowest BCUT2D eigenvalue weighted by Gasteiger charge is -2.25. The van der Waals surface area contributed by atoms with E-state index in [0.29, 0.717) is 5.56 Å². The zero-order valence-electron chi connectivity index (χ0n) is 22.6. The van der Waals surface area contributed by atoms with E-state index in [4.69, 9.17) is 5.73 Å². The van der Waals surface area contributed by atoms with Gasteiger partial charge in [-0.3, -0.25) is 4.79 Å². The molecule has 4 aromatic rings. The number of nitrogens with two attached hydrogens (primary N) is 1. The Bertz CT molecular complexity index is 1450. The lowest BCUT2D eigenvalue weighted by molar-refractivity contribution is 0.102. The first-order valence-corrected chi connectivity index (χ1v) is 12.5. The standard InChI is InChI=1S/C30H36N6O/c1-19-8-9-23(17-25(19)22-10-11-26-24(16-22)18-32-30(31)34-26)29(37)33-27-14-20(2)21(3)15-28(27)36(6)13-7-12-35(4)5/h8-11,14-18H,7,12-13H2,1-6H3,(H,33,37)(H2,31,32,34). The lowest BCUT2D eigenvalue weighted by atomic mass is 9.96. The van der Waals surface area contributed by atoms with Crippen molar-refractivity contribution in [1.82, 2.24) is 14.9 Å². The largest absolute Gasteiger partial charge is 0.373 e. The smallest absolute Gasteiger partial charge is 0.255 e. The first-order chi connectivity index (χ1) is 17.6. The molecule has 1 amide bonds. The predicted molar refractivity (Wildman–Crippen MR) is 154 cm³/mol. The Morgan fingerprint density at radius 2 is 1.68 bits per heavy atom. The topological polar surface area (TPSA) is 87.4 Å². The van der Waals surface area contributed by atoms with Gasteiger partial charge >= 0.3 is 0 Å². The minimum Gasteiger partial charge on any atom is -0.373 e. The molecule has 1 heterocycles. The molecule has 0 aliphatic carbocycles. The third-order valence-corrected chi connectivity index (χ3v) is 6.78. The Balaban J connectivity index is 1.62. The molecular weight excluding hydrogens is 460 g/mol. The maximum Gasteiger partial charge on any atom is 0.255 e. The van der Waals surface area contributed by atoms with Crippen molar-refractivity contribution in [2.24, 2.45) is 0 Å². The van der Waals surface area contributed by atoms with Crippen molar-refractivity contribution in [3.63, 3.8) is 0 Å². The second-order valence-electron chi connectivity index (χ2n) is 10.0. The van der Waals surface area contributed by atoms with Crippen molar-refractivity contribution >= 4 is 34.1 Å². The van der Waals surface area contributed by atoms with Crippen LogP contribution in [0.2, 0.25) is 0 Å². The number of hydrogen-bond donors (Lipinski definition) is 2. The molecule has 3 aromatic carbocycles. The van der Waals surface area contributed by atoms with Crippen molar-refractivity contribution < 1.29 is 4.79 Å². The summed E-state index contributed by atoms with van der Waals surface area (Å²) in [4.78, 5) is 26.3. The molecule has 0 bridgehead atoms. The molecule has 7 heteroatoms. The Morgan fingerprint density at radius 3 is 2.43 bits per heavy atom. The maximum atomic E-state index is 13.5. The van der Waals surface area contributed by atoms with E-state index in [-0.39, 0.29) is 11.9 Å². The van der Waals surface area contributed by atoms with Crippen LogP contribution in [0.15, 0.2) is 54.7 Å². The van der Waals surface area contributed by atoms with Gasteiger partial charge in [0, 0.05) is 30.7 Å². The fourth-order valence-corrected chi connectivity index (χ4v) is 4.45. The van der Waals surface area contributed by atoms with Crippen molar-refractivity contribution in [1.29, 1.82) is 0 Å². The van der Waals surface area contributed by atoms with Gasteiger partial charge in [0.15, 0.2) is 0 Å². The summed E-state index contributed by atoms with van der Waals surface area (Å²) in [5.41, 5.74) is 14.4. The number of anilines is 3. The van der Waals surface area contributed by atoms with E-state index in [9.17, 15) is 4.79 Å². The van der Waals surface area contributed by atoms with Crippen molar-refractivity contribution in [3.8, 4) is 11.1 Å². The van der Waals surface area contributed by atoms with Crippen molar-refractivity contribution in [2.75, 3.05) is 50.2 Å². The van der Waals surface area contributed by atoms with E-state index in [0.717, 1.165) is 64.0 Å². The van der Waals surface area contributed by atoms with Crippen LogP contribution in [0.3, 0.4) is 0 Å². The number of rotatable bonds is 8. The maximum absolute atomic E-state index is 13.5. The van der Waals surface area contributed by atoms with Gasteiger partial charge in [-0.05, 0) is 112 Å². The minimum absolute atomic E-state index is 0.135. The highest BCUT2D eigenvalue weighted by atomic mass is 16.1. The molecule has 0 unspecified atom stereocenters. The summed E-state index contributed by atoms with van der Waals surface area (Å²) in [6.07, 6.45) is 2.76. The second kappa shape index (κ2) is 11.0. The van der Waals surface area contributed by atoms with E-state index >= 15 is 0 Å². The summed E-state index contributed by atoms with van der Waals surface area (Å²) >= 11 is 0. The molecule has 7 nitrogen and oxygen atoms in total. The van der Waals surface area contributed by atoms with Gasteiger partial charge in [0.05, 0.1) is 16.9 Å². The van der Waals surface area contributed by atoms with Crippen LogP contribution in [-0.4, -0.2) is 55.0 Å². The van der Waals surface area contributed by atoms with E-state index in [1.807, 2.05) is 43.3 Å². The van der Waals surface area contributed by atoms with E-state index in [2.05, 4.69) is 72.2 Å². The first kappa shape index (κ1) is 26.1. The predicted octanol–water partition coefficient (Wildman–Crippen LogP) is 5.44. The molecule has 4 rings (SSSR count). The zero-order chi connectivity index (χ0) is 26.7. The molecule has 0 saturated heterocycles. The lowest BCUT2D eigenvalue weighted by Crippen LogP contribution is -2.25. The average molecular weight is 497 g/mol. The van der Waals surface area contributed by atoms with Crippen LogP contribution in [0, 0.1) is 20.8 Å². The Hall–Kier alpha value is -3.97. The van der Waals surface area contributed by atoms with Gasteiger partial charge in [-0.15, -0.1) is 0 Å². The van der Waals surface area contributed by atoms with Gasteiger partial charge in [-0.25, -0.2) is 9.97 Å². The monoisotopic (exact) mass is 496 g/mol. The summed E-state index contributed by atoms with van der Waals surface area (Å²) in [6.45, 7) is 8.13. The van der Waals surface area contributed by atoms with Crippen LogP contribution in [0.4, 0.5) is 17.3 Å². The van der Waals surface area contributed by atoms with E-state index in [1.165, 1.54) is 5.56 Å². The third kappa shape index (κ3) is 6.06. The van der Waals surface area contributed by atoms with Crippen LogP contribution in [0.25, 0.3) is 22.0 Å². The van der Waals surface area contributed by atoms with Crippen LogP contribution in [0.1, 0.15) is 33.5 Å². The highest BCUT2D eigenvalue weighted by Gasteiger charge is 2.15. The van der Waals surface area contributed by atoms with Gasteiger partial charge in [-0.2, -0.15) is 0 Å². The summed E-state index contributed by atoms with van der Waals surface area (Å²) in [5, 5.41) is 4.09. The minimum atomic E-state index is -0.135. The fourth-order valence-electron chi connectivity index (χ4n) is 4.45. The normalized spacial score (nSPS) is 11.2. The van der Waals surface area contributed by atoms with Gasteiger partial charge in [0.2, 0.25) is 5.95 Å². The molecule has 0 fully saturated rings. The number of fused-ring (bicyclic) bond motifs is 1. The number of benzene rings is 3. The van der Waals surface area contributed by atoms with Crippen molar-refractivity contribution in [3.05, 3.63) is 77.0 Å². The summed E-state index contributed by atoms with van der Waals surface area (Å²) in [6, 6.07) is 16.0. The number of aryl methyl sites for hydroxylation is 3. The highest BCUT2D eigenvalue weighted by molar-refractivity contribution is 6.07. The molecule has 0 spiro atoms. The Labute approximate surface area is 219 Å². The summed E-state index contributed by atoms with van der Waals surface area (Å²) in [5.74, 6) is 0.119. The number of nitrogens with one attached hydrogen (secondary N) is 1. The molecule has 1 aromatic heterocycles. The van der Waals surface area contributed by atoms with Crippen LogP contribution in [0.5, 0.6) is 0 Å². The number of nitrogens with zero attached hydrogens (tertiary/aromatic N) is 4. The number of carbonyl (C=O) groups is 1. The first-order valence-electron chi connectivity index (χ1n) is 12.5. The summed E-state index contributed by atoms with van der Waals surface area (Å²) < 4.78 is 0. The number of carbonyl (C=O) groups excluding carboxylic acids is 1. The molecule has 0 radical (unpaired) electrons.